The number of aromatic nitrogens is 1. The van der Waals surface area contributed by atoms with Gasteiger partial charge in [-0.05, 0) is 41.2 Å². The van der Waals surface area contributed by atoms with E-state index in [9.17, 15) is 5.26 Å². The second kappa shape index (κ2) is 10.0. The van der Waals surface area contributed by atoms with Gasteiger partial charge in [-0.15, -0.1) is 11.3 Å². The van der Waals surface area contributed by atoms with Crippen LogP contribution in [0.2, 0.25) is 0 Å². The summed E-state index contributed by atoms with van der Waals surface area (Å²) in [5, 5.41) is 12.5. The molecule has 0 amide bonds. The van der Waals surface area contributed by atoms with Gasteiger partial charge < -0.3 is 0 Å². The first-order valence-corrected chi connectivity index (χ1v) is 11.5. The normalized spacial score (nSPS) is 11.3. The third kappa shape index (κ3) is 5.17. The van der Waals surface area contributed by atoms with Crippen LogP contribution in [-0.4, -0.2) is 4.98 Å². The summed E-state index contributed by atoms with van der Waals surface area (Å²) in [6.45, 7) is 2.21. The van der Waals surface area contributed by atoms with Gasteiger partial charge in [0.25, 0.3) is 0 Å². The molecule has 152 valence electrons. The molecule has 4 rings (SSSR count). The van der Waals surface area contributed by atoms with Gasteiger partial charge in [0.2, 0.25) is 0 Å². The van der Waals surface area contributed by atoms with Gasteiger partial charge in [0, 0.05) is 10.9 Å². The van der Waals surface area contributed by atoms with Crippen LogP contribution in [0, 0.1) is 11.3 Å². The fourth-order valence-electron chi connectivity index (χ4n) is 3.46. The maximum Gasteiger partial charge on any atom is 0.134 e. The van der Waals surface area contributed by atoms with Crippen molar-refractivity contribution >= 4 is 23.0 Å². The Morgan fingerprint density at radius 2 is 1.58 bits per heavy atom. The van der Waals surface area contributed by atoms with Gasteiger partial charge in [0.15, 0.2) is 0 Å². The zero-order valence-corrected chi connectivity index (χ0v) is 18.4. The Kier molecular flexibility index (Phi) is 6.72. The Bertz CT molecular complexity index is 1190. The number of benzene rings is 3. The summed E-state index contributed by atoms with van der Waals surface area (Å²) in [5.41, 5.74) is 7.29. The van der Waals surface area contributed by atoms with Crippen molar-refractivity contribution in [2.24, 2.45) is 0 Å². The molecule has 4 aromatic rings. The van der Waals surface area contributed by atoms with Crippen molar-refractivity contribution < 1.29 is 0 Å². The lowest BCUT2D eigenvalue weighted by Crippen LogP contribution is -1.86. The number of nitriles is 1. The number of thiazole rings is 1. The molecule has 3 heteroatoms. The second-order valence-electron chi connectivity index (χ2n) is 7.50. The van der Waals surface area contributed by atoms with E-state index in [1.54, 1.807) is 0 Å². The summed E-state index contributed by atoms with van der Waals surface area (Å²) in [4.78, 5) is 4.73. The van der Waals surface area contributed by atoms with Crippen LogP contribution in [0.5, 0.6) is 0 Å². The molecule has 0 unspecified atom stereocenters. The summed E-state index contributed by atoms with van der Waals surface area (Å²) in [7, 11) is 0. The Balaban J connectivity index is 1.53. The summed E-state index contributed by atoms with van der Waals surface area (Å²) in [5.74, 6) is 0. The highest BCUT2D eigenvalue weighted by atomic mass is 32.1. The molecule has 3 aromatic carbocycles. The molecular weight excluding hydrogens is 396 g/mol. The molecular formula is C28H24N2S. The van der Waals surface area contributed by atoms with E-state index in [2.05, 4.69) is 61.5 Å². The largest absolute Gasteiger partial charge is 0.235 e. The monoisotopic (exact) mass is 420 g/mol. The SMILES string of the molecule is CCCCc1ccc(-c2csc(/C(C#N)=C\c3ccc(-c4ccccc4)cc3)n2)cc1. The van der Waals surface area contributed by atoms with E-state index >= 15 is 0 Å². The van der Waals surface area contributed by atoms with Crippen LogP contribution in [0.3, 0.4) is 0 Å². The van der Waals surface area contributed by atoms with Gasteiger partial charge in [0.05, 0.1) is 11.3 Å². The van der Waals surface area contributed by atoms with Crippen molar-refractivity contribution in [1.82, 2.24) is 4.98 Å². The fraction of sp³-hybridized carbons (Fsp3) is 0.143. The van der Waals surface area contributed by atoms with Gasteiger partial charge in [-0.25, -0.2) is 4.98 Å². The molecule has 2 nitrogen and oxygen atoms in total. The average Bonchev–Trinajstić information content (AvgIpc) is 3.32. The quantitative estimate of drug-likeness (QED) is 0.285. The molecule has 0 saturated carbocycles. The number of hydrogen-bond acceptors (Lipinski definition) is 3. The van der Waals surface area contributed by atoms with Gasteiger partial charge >= 0.3 is 0 Å². The predicted molar refractivity (Wildman–Crippen MR) is 132 cm³/mol. The van der Waals surface area contributed by atoms with Crippen molar-refractivity contribution in [2.75, 3.05) is 0 Å². The Hall–Kier alpha value is -3.48. The minimum atomic E-state index is 0.586. The van der Waals surface area contributed by atoms with E-state index in [0.29, 0.717) is 5.57 Å². The lowest BCUT2D eigenvalue weighted by atomic mass is 10.0. The molecule has 0 saturated heterocycles. The van der Waals surface area contributed by atoms with E-state index < -0.39 is 0 Å². The van der Waals surface area contributed by atoms with Crippen LogP contribution in [0.15, 0.2) is 84.2 Å². The average molecular weight is 421 g/mol. The lowest BCUT2D eigenvalue weighted by molar-refractivity contribution is 0.795. The number of nitrogens with zero attached hydrogens (tertiary/aromatic N) is 2. The van der Waals surface area contributed by atoms with Gasteiger partial charge in [-0.3, -0.25) is 0 Å². The van der Waals surface area contributed by atoms with Gasteiger partial charge in [0.1, 0.15) is 11.1 Å². The van der Waals surface area contributed by atoms with Crippen LogP contribution in [0.1, 0.15) is 35.9 Å². The van der Waals surface area contributed by atoms with E-state index in [-0.39, 0.29) is 0 Å². The van der Waals surface area contributed by atoms with E-state index in [1.807, 2.05) is 41.8 Å². The highest BCUT2D eigenvalue weighted by molar-refractivity contribution is 7.11. The highest BCUT2D eigenvalue weighted by Crippen LogP contribution is 2.28. The molecule has 1 heterocycles. The van der Waals surface area contributed by atoms with E-state index in [1.165, 1.54) is 35.3 Å². The maximum atomic E-state index is 9.72. The third-order valence-corrected chi connectivity index (χ3v) is 6.13. The molecule has 0 spiro atoms. The van der Waals surface area contributed by atoms with E-state index in [0.717, 1.165) is 33.8 Å². The van der Waals surface area contributed by atoms with Crippen molar-refractivity contribution in [3.63, 3.8) is 0 Å². The van der Waals surface area contributed by atoms with Crippen molar-refractivity contribution in [3.05, 3.63) is 100 Å². The molecule has 31 heavy (non-hydrogen) atoms. The number of hydrogen-bond donors (Lipinski definition) is 0. The summed E-state index contributed by atoms with van der Waals surface area (Å²) in [6, 6.07) is 29.5. The molecule has 0 atom stereocenters. The maximum absolute atomic E-state index is 9.72. The Labute approximate surface area is 188 Å². The third-order valence-electron chi connectivity index (χ3n) is 5.25. The van der Waals surface area contributed by atoms with Crippen molar-refractivity contribution in [1.29, 1.82) is 5.26 Å². The number of aryl methyl sites for hydroxylation is 1. The van der Waals surface area contributed by atoms with Gasteiger partial charge in [-0.1, -0.05) is 92.2 Å². The molecule has 0 fully saturated rings. The lowest BCUT2D eigenvalue weighted by Gasteiger charge is -2.02. The first kappa shape index (κ1) is 20.8. The molecule has 0 aliphatic carbocycles. The minimum absolute atomic E-state index is 0.586. The van der Waals surface area contributed by atoms with Crippen LogP contribution < -0.4 is 0 Å². The Morgan fingerprint density at radius 1 is 0.903 bits per heavy atom. The first-order chi connectivity index (χ1) is 15.3. The fourth-order valence-corrected chi connectivity index (χ4v) is 4.26. The minimum Gasteiger partial charge on any atom is -0.235 e. The summed E-state index contributed by atoms with van der Waals surface area (Å²) < 4.78 is 0. The van der Waals surface area contributed by atoms with E-state index in [4.69, 9.17) is 4.98 Å². The smallest absolute Gasteiger partial charge is 0.134 e. The van der Waals surface area contributed by atoms with Crippen LogP contribution in [-0.2, 0) is 6.42 Å². The predicted octanol–water partition coefficient (Wildman–Crippen LogP) is 7.88. The van der Waals surface area contributed by atoms with Crippen LogP contribution >= 0.6 is 11.3 Å². The number of unbranched alkanes of at least 4 members (excludes halogenated alkanes) is 1. The van der Waals surface area contributed by atoms with Gasteiger partial charge in [-0.2, -0.15) is 5.26 Å². The molecule has 0 N–H and O–H groups in total. The zero-order valence-electron chi connectivity index (χ0n) is 17.6. The van der Waals surface area contributed by atoms with Crippen molar-refractivity contribution in [3.8, 4) is 28.5 Å². The number of rotatable bonds is 7. The molecule has 0 aliphatic heterocycles. The molecule has 0 radical (unpaired) electrons. The number of allylic oxidation sites excluding steroid dienone is 1. The second-order valence-corrected chi connectivity index (χ2v) is 8.35. The standard InChI is InChI=1S/C28H24N2S/c1-2-3-7-21-10-16-25(17-11-21)27-20-31-28(30-27)26(19-29)18-22-12-14-24(15-13-22)23-8-5-4-6-9-23/h4-6,8-18,20H,2-3,7H2,1H3/b26-18-. The van der Waals surface area contributed by atoms with Crippen LogP contribution in [0.4, 0.5) is 0 Å². The van der Waals surface area contributed by atoms with Crippen LogP contribution in [0.25, 0.3) is 34.0 Å². The van der Waals surface area contributed by atoms with Crippen molar-refractivity contribution in [2.45, 2.75) is 26.2 Å². The molecule has 0 bridgehead atoms. The topological polar surface area (TPSA) is 36.7 Å². The highest BCUT2D eigenvalue weighted by Gasteiger charge is 2.09. The Morgan fingerprint density at radius 3 is 2.26 bits per heavy atom. The zero-order chi connectivity index (χ0) is 21.5. The molecule has 1 aromatic heterocycles. The summed E-state index contributed by atoms with van der Waals surface area (Å²) in [6.07, 6.45) is 5.44. The molecule has 0 aliphatic rings. The first-order valence-electron chi connectivity index (χ1n) is 10.6. The summed E-state index contributed by atoms with van der Waals surface area (Å²) >= 11 is 1.51.